The highest BCUT2D eigenvalue weighted by molar-refractivity contribution is 7.80. The monoisotopic (exact) mass is 883 g/mol. The van der Waals surface area contributed by atoms with Crippen molar-refractivity contribution in [3.05, 3.63) is 141 Å². The predicted octanol–water partition coefficient (Wildman–Crippen LogP) is 16.8. The molecule has 0 N–H and O–H groups in total. The minimum atomic E-state index is -0.802. The fraction of sp³-hybridized carbons (Fsp3) is 0.541. The molecule has 1 atom stereocenters. The second kappa shape index (κ2) is 28.3. The highest BCUT2D eigenvalue weighted by Crippen LogP contribution is 2.58. The maximum Gasteiger partial charge on any atom is 0.0315 e. The van der Waals surface area contributed by atoms with Crippen LogP contribution in [0, 0.1) is 0 Å². The van der Waals surface area contributed by atoms with E-state index >= 15 is 0 Å². The molecule has 0 saturated heterocycles. The third-order valence-corrected chi connectivity index (χ3v) is 19.5. The third-order valence-electron chi connectivity index (χ3n) is 13.7. The van der Waals surface area contributed by atoms with Crippen molar-refractivity contribution in [2.75, 3.05) is 0 Å². The van der Waals surface area contributed by atoms with Crippen LogP contribution < -0.4 is 21.2 Å². The normalized spacial score (nSPS) is 13.8. The van der Waals surface area contributed by atoms with Gasteiger partial charge in [0.05, 0.1) is 0 Å². The summed E-state index contributed by atoms with van der Waals surface area (Å²) in [5.41, 5.74) is 13.6. The van der Waals surface area contributed by atoms with Crippen LogP contribution in [0.4, 0.5) is 0 Å². The van der Waals surface area contributed by atoms with Gasteiger partial charge in [-0.15, -0.1) is 0 Å². The second-order valence-corrected chi connectivity index (χ2v) is 23.0. The fourth-order valence-electron chi connectivity index (χ4n) is 10.0. The molecule has 0 nitrogen and oxygen atoms in total. The molecule has 1 aliphatic rings. The Bertz CT molecular complexity index is 1890. The zero-order valence-electron chi connectivity index (χ0n) is 41.6. The first-order valence-electron chi connectivity index (χ1n) is 26.4. The molecule has 63 heavy (non-hydrogen) atoms. The Morgan fingerprint density at radius 1 is 0.349 bits per heavy atom. The van der Waals surface area contributed by atoms with Crippen LogP contribution in [0.15, 0.2) is 96.3 Å². The van der Waals surface area contributed by atoms with Gasteiger partial charge in [-0.2, -0.15) is 0 Å². The fourth-order valence-corrected chi connectivity index (χ4v) is 16.7. The summed E-state index contributed by atoms with van der Waals surface area (Å²) in [7, 11) is -1.56. The van der Waals surface area contributed by atoms with E-state index in [4.69, 9.17) is 0 Å². The highest BCUT2D eigenvalue weighted by atomic mass is 31.1. The molecule has 0 fully saturated rings. The third kappa shape index (κ3) is 13.6. The van der Waals surface area contributed by atoms with Gasteiger partial charge in [0.15, 0.2) is 0 Å². The molecule has 0 radical (unpaired) electrons. The van der Waals surface area contributed by atoms with E-state index in [2.05, 4.69) is 146 Å². The van der Waals surface area contributed by atoms with Gasteiger partial charge in [-0.05, 0) is 190 Å². The number of hydrogen-bond donors (Lipinski definition) is 0. The quantitative estimate of drug-likeness (QED) is 0.0458. The highest BCUT2D eigenvalue weighted by Gasteiger charge is 2.37. The Morgan fingerprint density at radius 3 is 0.952 bits per heavy atom. The van der Waals surface area contributed by atoms with Crippen LogP contribution in [-0.4, -0.2) is 5.66 Å². The number of aryl methyl sites for hydroxylation is 4. The first-order chi connectivity index (χ1) is 31.0. The van der Waals surface area contributed by atoms with Crippen LogP contribution in [0.1, 0.15) is 203 Å². The minimum Gasteiger partial charge on any atom is -0.0721 e. The van der Waals surface area contributed by atoms with Crippen molar-refractivity contribution in [3.8, 4) is 0 Å². The predicted molar refractivity (Wildman–Crippen MR) is 288 cm³/mol. The van der Waals surface area contributed by atoms with Crippen molar-refractivity contribution >= 4 is 37.1 Å². The van der Waals surface area contributed by atoms with Crippen LogP contribution in [0.25, 0.3) is 0 Å². The standard InChI is InChI=1S/C61H88P2/c1-9-17-30-48-34-25-42-56(52(48)38-21-13-5)62(57-43-26-35-49(31-18-10-2)53(57)39-22-14-6)60-46-29-47-61(60)63(58-44-27-36-50(32-19-11-3)54(58)40-23-15-7)59-45-28-37-51(33-20-12-4)55(59)41-24-16-8/h25-29,34-37,42-47,60H,9-24,30-33,38-41H2,1-8H3. The van der Waals surface area contributed by atoms with Crippen LogP contribution in [0.5, 0.6) is 0 Å². The zero-order valence-corrected chi connectivity index (χ0v) is 43.4. The molecule has 0 heterocycles. The summed E-state index contributed by atoms with van der Waals surface area (Å²) in [5.74, 6) is 0. The number of allylic oxidation sites excluding steroid dienone is 4. The average Bonchev–Trinajstić information content (AvgIpc) is 3.78. The topological polar surface area (TPSA) is 0 Å². The lowest BCUT2D eigenvalue weighted by Crippen LogP contribution is -2.30. The van der Waals surface area contributed by atoms with Crippen LogP contribution in [-0.2, 0) is 51.4 Å². The van der Waals surface area contributed by atoms with E-state index in [1.54, 1.807) is 71.0 Å². The Hall–Kier alpha value is -2.78. The molecule has 0 spiro atoms. The SMILES string of the molecule is CCCCc1cccc(P(C2=CC=CC2P(c2cccc(CCCC)c2CCCC)c2cccc(CCCC)c2CCCC)c2cccc(CCCC)c2CCCC)c1CCCC. The van der Waals surface area contributed by atoms with Gasteiger partial charge < -0.3 is 0 Å². The Kier molecular flexibility index (Phi) is 23.0. The lowest BCUT2D eigenvalue weighted by atomic mass is 9.97. The first kappa shape index (κ1) is 51.2. The van der Waals surface area contributed by atoms with Gasteiger partial charge in [0.1, 0.15) is 0 Å². The van der Waals surface area contributed by atoms with Crippen LogP contribution in [0.3, 0.4) is 0 Å². The summed E-state index contributed by atoms with van der Waals surface area (Å²) < 4.78 is 0. The maximum absolute atomic E-state index is 2.71. The minimum absolute atomic E-state index is 0.353. The maximum atomic E-state index is 2.71. The summed E-state index contributed by atoms with van der Waals surface area (Å²) in [6, 6.07) is 30.3. The molecule has 342 valence electrons. The van der Waals surface area contributed by atoms with Crippen molar-refractivity contribution < 1.29 is 0 Å². The van der Waals surface area contributed by atoms with Crippen molar-refractivity contribution in [1.29, 1.82) is 0 Å². The summed E-state index contributed by atoms with van der Waals surface area (Å²) in [6.45, 7) is 19.0. The molecule has 1 aliphatic carbocycles. The van der Waals surface area contributed by atoms with Gasteiger partial charge in [-0.3, -0.25) is 0 Å². The molecule has 4 aromatic carbocycles. The van der Waals surface area contributed by atoms with E-state index in [-0.39, 0.29) is 0 Å². The smallest absolute Gasteiger partial charge is 0.0315 e. The van der Waals surface area contributed by atoms with Crippen molar-refractivity contribution in [2.24, 2.45) is 0 Å². The number of benzene rings is 4. The molecule has 4 aromatic rings. The van der Waals surface area contributed by atoms with Gasteiger partial charge in [0.2, 0.25) is 0 Å². The molecule has 5 rings (SSSR count). The second-order valence-electron chi connectivity index (χ2n) is 18.6. The largest absolute Gasteiger partial charge is 0.0721 e. The summed E-state index contributed by atoms with van der Waals surface area (Å²) >= 11 is 0. The van der Waals surface area contributed by atoms with Gasteiger partial charge >= 0.3 is 0 Å². The first-order valence-corrected chi connectivity index (χ1v) is 29.2. The molecule has 0 aromatic heterocycles. The molecule has 0 amide bonds. The van der Waals surface area contributed by atoms with E-state index in [9.17, 15) is 0 Å². The van der Waals surface area contributed by atoms with Crippen LogP contribution >= 0.6 is 15.8 Å². The Balaban J connectivity index is 1.89. The van der Waals surface area contributed by atoms with Gasteiger partial charge in [-0.1, -0.05) is 198 Å². The molecular weight excluding hydrogens is 795 g/mol. The summed E-state index contributed by atoms with van der Waals surface area (Å²) in [4.78, 5) is 0. The van der Waals surface area contributed by atoms with E-state index in [1.807, 2.05) is 0 Å². The van der Waals surface area contributed by atoms with Crippen molar-refractivity contribution in [2.45, 2.75) is 215 Å². The van der Waals surface area contributed by atoms with E-state index in [1.165, 1.54) is 154 Å². The summed E-state index contributed by atoms with van der Waals surface area (Å²) in [5, 5.41) is 8.41. The molecule has 0 bridgehead atoms. The van der Waals surface area contributed by atoms with Crippen LogP contribution in [0.2, 0.25) is 0 Å². The molecule has 2 heteroatoms. The van der Waals surface area contributed by atoms with Crippen molar-refractivity contribution in [3.63, 3.8) is 0 Å². The molecule has 1 unspecified atom stereocenters. The molecule has 0 aliphatic heterocycles. The number of hydrogen-bond acceptors (Lipinski definition) is 0. The lowest BCUT2D eigenvalue weighted by Gasteiger charge is -2.36. The number of unbranched alkanes of at least 4 members (excludes halogenated alkanes) is 8. The lowest BCUT2D eigenvalue weighted by molar-refractivity contribution is 0.760. The van der Waals surface area contributed by atoms with Crippen molar-refractivity contribution in [1.82, 2.24) is 0 Å². The van der Waals surface area contributed by atoms with Gasteiger partial charge in [0.25, 0.3) is 0 Å². The molecular formula is C61H88P2. The molecule has 0 saturated carbocycles. The average molecular weight is 883 g/mol. The van der Waals surface area contributed by atoms with Gasteiger partial charge in [0, 0.05) is 5.66 Å². The Labute approximate surface area is 391 Å². The van der Waals surface area contributed by atoms with Gasteiger partial charge in [-0.25, -0.2) is 0 Å². The van der Waals surface area contributed by atoms with E-state index in [0.717, 1.165) is 0 Å². The number of rotatable bonds is 30. The summed E-state index contributed by atoms with van der Waals surface area (Å²) in [6.07, 6.45) is 37.4. The van der Waals surface area contributed by atoms with E-state index in [0.29, 0.717) is 5.66 Å². The Morgan fingerprint density at radius 2 is 0.635 bits per heavy atom. The zero-order chi connectivity index (χ0) is 44.8. The van der Waals surface area contributed by atoms with E-state index < -0.39 is 15.8 Å².